The van der Waals surface area contributed by atoms with Crippen molar-refractivity contribution in [3.8, 4) is 5.75 Å². The highest BCUT2D eigenvalue weighted by atomic mass is 32.2. The van der Waals surface area contributed by atoms with Crippen LogP contribution in [0.25, 0.3) is 10.1 Å². The molecule has 0 aliphatic carbocycles. The first kappa shape index (κ1) is 10.4. The molecule has 15 heavy (non-hydrogen) atoms. The fourth-order valence-corrected chi connectivity index (χ4v) is 3.53. The maximum Gasteiger partial charge on any atom is 0.239 e. The van der Waals surface area contributed by atoms with Gasteiger partial charge in [-0.1, -0.05) is 12.1 Å². The number of primary sulfonamides is 1. The lowest BCUT2D eigenvalue weighted by Gasteiger charge is -2.00. The standard InChI is InChI=1S/C9H9NO3S2/c1-13-7-4-2-3-6-8(15(10,11)12)5-14-9(6)7/h2-5H,1H3,(H2,10,11,12). The molecule has 80 valence electrons. The van der Waals surface area contributed by atoms with Crippen LogP contribution in [0.1, 0.15) is 0 Å². The van der Waals surface area contributed by atoms with Crippen molar-refractivity contribution < 1.29 is 13.2 Å². The van der Waals surface area contributed by atoms with Gasteiger partial charge in [-0.25, -0.2) is 13.6 Å². The van der Waals surface area contributed by atoms with Gasteiger partial charge in [-0.2, -0.15) is 0 Å². The fourth-order valence-electron chi connectivity index (χ4n) is 1.39. The third kappa shape index (κ3) is 1.71. The zero-order valence-corrected chi connectivity index (χ0v) is 9.56. The number of nitrogens with two attached hydrogens (primary N) is 1. The first-order chi connectivity index (χ1) is 7.04. The minimum Gasteiger partial charge on any atom is -0.495 e. The van der Waals surface area contributed by atoms with Crippen LogP contribution in [0, 0.1) is 0 Å². The van der Waals surface area contributed by atoms with Gasteiger partial charge in [0.15, 0.2) is 0 Å². The number of thiophene rings is 1. The Balaban J connectivity index is 2.83. The van der Waals surface area contributed by atoms with Gasteiger partial charge in [-0.05, 0) is 6.07 Å². The molecule has 0 unspecified atom stereocenters. The van der Waals surface area contributed by atoms with Crippen molar-refractivity contribution in [2.24, 2.45) is 5.14 Å². The third-order valence-electron chi connectivity index (χ3n) is 2.05. The van der Waals surface area contributed by atoms with Gasteiger partial charge in [0, 0.05) is 10.8 Å². The van der Waals surface area contributed by atoms with E-state index in [9.17, 15) is 8.42 Å². The molecule has 0 radical (unpaired) electrons. The average Bonchev–Trinajstić information content (AvgIpc) is 2.59. The summed E-state index contributed by atoms with van der Waals surface area (Å²) in [5, 5.41) is 7.24. The van der Waals surface area contributed by atoms with Gasteiger partial charge in [-0.15, -0.1) is 11.3 Å². The van der Waals surface area contributed by atoms with Crippen LogP contribution in [0.5, 0.6) is 5.75 Å². The number of methoxy groups -OCH3 is 1. The van der Waals surface area contributed by atoms with Crippen molar-refractivity contribution in [1.82, 2.24) is 0 Å². The Morgan fingerprint density at radius 3 is 2.73 bits per heavy atom. The Hall–Kier alpha value is -1.11. The van der Waals surface area contributed by atoms with E-state index in [1.54, 1.807) is 25.3 Å². The molecule has 0 aliphatic rings. The zero-order chi connectivity index (χ0) is 11.1. The minimum absolute atomic E-state index is 0.154. The van der Waals surface area contributed by atoms with Crippen molar-refractivity contribution >= 4 is 31.4 Å². The first-order valence-corrected chi connectivity index (χ1v) is 6.53. The number of fused-ring (bicyclic) bond motifs is 1. The molecule has 0 saturated heterocycles. The Morgan fingerprint density at radius 2 is 2.13 bits per heavy atom. The quantitative estimate of drug-likeness (QED) is 0.870. The van der Waals surface area contributed by atoms with Gasteiger partial charge in [0.1, 0.15) is 10.6 Å². The maximum absolute atomic E-state index is 11.3. The number of benzene rings is 1. The van der Waals surface area contributed by atoms with E-state index in [0.717, 1.165) is 4.70 Å². The van der Waals surface area contributed by atoms with Crippen LogP contribution >= 0.6 is 11.3 Å². The van der Waals surface area contributed by atoms with E-state index in [1.807, 2.05) is 0 Å². The summed E-state index contributed by atoms with van der Waals surface area (Å²) in [5.74, 6) is 0.660. The molecule has 2 aromatic rings. The molecule has 0 aliphatic heterocycles. The fraction of sp³-hybridized carbons (Fsp3) is 0.111. The third-order valence-corrected chi connectivity index (χ3v) is 4.16. The Morgan fingerprint density at radius 1 is 1.40 bits per heavy atom. The molecule has 6 heteroatoms. The summed E-state index contributed by atoms with van der Waals surface area (Å²) >= 11 is 1.31. The van der Waals surface area contributed by atoms with Crippen molar-refractivity contribution in [3.63, 3.8) is 0 Å². The molecule has 2 rings (SSSR count). The molecular formula is C9H9NO3S2. The lowest BCUT2D eigenvalue weighted by atomic mass is 10.2. The lowest BCUT2D eigenvalue weighted by molar-refractivity contribution is 0.420. The van der Waals surface area contributed by atoms with E-state index >= 15 is 0 Å². The van der Waals surface area contributed by atoms with Crippen LogP contribution in [-0.2, 0) is 10.0 Å². The summed E-state index contributed by atoms with van der Waals surface area (Å²) < 4.78 is 28.4. The van der Waals surface area contributed by atoms with E-state index in [0.29, 0.717) is 11.1 Å². The predicted octanol–water partition coefficient (Wildman–Crippen LogP) is 1.56. The molecule has 1 aromatic heterocycles. The van der Waals surface area contributed by atoms with Gasteiger partial charge >= 0.3 is 0 Å². The zero-order valence-electron chi connectivity index (χ0n) is 7.93. The Labute approximate surface area is 91.3 Å². The summed E-state index contributed by atoms with van der Waals surface area (Å²) in [5.41, 5.74) is 0. The summed E-state index contributed by atoms with van der Waals surface area (Å²) in [6.07, 6.45) is 0. The summed E-state index contributed by atoms with van der Waals surface area (Å²) in [6, 6.07) is 5.24. The summed E-state index contributed by atoms with van der Waals surface area (Å²) in [7, 11) is -2.11. The highest BCUT2D eigenvalue weighted by molar-refractivity contribution is 7.89. The largest absolute Gasteiger partial charge is 0.495 e. The normalized spacial score (nSPS) is 11.9. The molecule has 0 spiro atoms. The van der Waals surface area contributed by atoms with Crippen molar-refractivity contribution in [1.29, 1.82) is 0 Å². The van der Waals surface area contributed by atoms with Gasteiger partial charge < -0.3 is 4.74 Å². The van der Waals surface area contributed by atoms with Crippen LogP contribution in [0.3, 0.4) is 0 Å². The van der Waals surface area contributed by atoms with Crippen LogP contribution in [0.4, 0.5) is 0 Å². The molecule has 0 bridgehead atoms. The van der Waals surface area contributed by atoms with Crippen LogP contribution in [-0.4, -0.2) is 15.5 Å². The van der Waals surface area contributed by atoms with Crippen molar-refractivity contribution in [2.75, 3.05) is 7.11 Å². The first-order valence-electron chi connectivity index (χ1n) is 4.11. The second kappa shape index (κ2) is 3.48. The van der Waals surface area contributed by atoms with Gasteiger partial charge in [0.2, 0.25) is 10.0 Å². The average molecular weight is 243 g/mol. The monoisotopic (exact) mass is 243 g/mol. The topological polar surface area (TPSA) is 69.4 Å². The summed E-state index contributed by atoms with van der Waals surface area (Å²) in [4.78, 5) is 0.154. The highest BCUT2D eigenvalue weighted by Crippen LogP contribution is 2.35. The number of hydrogen-bond acceptors (Lipinski definition) is 4. The van der Waals surface area contributed by atoms with E-state index < -0.39 is 10.0 Å². The van der Waals surface area contributed by atoms with Crippen molar-refractivity contribution in [3.05, 3.63) is 23.6 Å². The number of sulfonamides is 1. The van der Waals surface area contributed by atoms with Crippen LogP contribution in [0.2, 0.25) is 0 Å². The Kier molecular flexibility index (Phi) is 2.41. The van der Waals surface area contributed by atoms with Crippen LogP contribution < -0.4 is 9.88 Å². The smallest absolute Gasteiger partial charge is 0.239 e. The summed E-state index contributed by atoms with van der Waals surface area (Å²) in [6.45, 7) is 0. The van der Waals surface area contributed by atoms with E-state index in [1.165, 1.54) is 16.7 Å². The number of hydrogen-bond donors (Lipinski definition) is 1. The molecule has 0 saturated carbocycles. The molecule has 0 amide bonds. The van der Waals surface area contributed by atoms with Gasteiger partial charge in [0.05, 0.1) is 11.8 Å². The second-order valence-corrected chi connectivity index (χ2v) is 5.39. The highest BCUT2D eigenvalue weighted by Gasteiger charge is 2.16. The molecule has 1 aromatic carbocycles. The Bertz CT molecular complexity index is 601. The molecule has 4 nitrogen and oxygen atoms in total. The SMILES string of the molecule is COc1cccc2c(S(N)(=O)=O)csc12. The predicted molar refractivity (Wildman–Crippen MR) is 59.8 cm³/mol. The van der Waals surface area contributed by atoms with E-state index in [-0.39, 0.29) is 4.90 Å². The maximum atomic E-state index is 11.3. The molecule has 2 N–H and O–H groups in total. The van der Waals surface area contributed by atoms with Gasteiger partial charge in [0.25, 0.3) is 0 Å². The second-order valence-electron chi connectivity index (χ2n) is 2.98. The molecule has 1 heterocycles. The molecule has 0 fully saturated rings. The molecular weight excluding hydrogens is 234 g/mol. The number of ether oxygens (including phenoxy) is 1. The van der Waals surface area contributed by atoms with E-state index in [4.69, 9.17) is 9.88 Å². The van der Waals surface area contributed by atoms with Crippen LogP contribution in [0.15, 0.2) is 28.5 Å². The minimum atomic E-state index is -3.66. The molecule has 0 atom stereocenters. The van der Waals surface area contributed by atoms with E-state index in [2.05, 4.69) is 0 Å². The lowest BCUT2D eigenvalue weighted by Crippen LogP contribution is -2.11. The van der Waals surface area contributed by atoms with Gasteiger partial charge in [-0.3, -0.25) is 0 Å². The number of rotatable bonds is 2. The van der Waals surface area contributed by atoms with Crippen molar-refractivity contribution in [2.45, 2.75) is 4.90 Å².